The third kappa shape index (κ3) is 4.27. The van der Waals surface area contributed by atoms with E-state index in [1.54, 1.807) is 12.1 Å². The highest BCUT2D eigenvalue weighted by Gasteiger charge is 2.35. The standard InChI is InChI=1S/C19H15Cl2N3O4/c1-10-2-4-13(5-3-10)22-16(25)9-24-18(27)15(23-19(24)28)7-11-6-12(20)8-14(21)17(11)26/h2-8,26H,9H2,1H3,(H,22,25)(H,23,28)/b15-7+. The fourth-order valence-corrected chi connectivity index (χ4v) is 3.06. The Morgan fingerprint density at radius 3 is 2.57 bits per heavy atom. The number of halogens is 2. The number of nitrogens with one attached hydrogen (secondary N) is 2. The lowest BCUT2D eigenvalue weighted by Crippen LogP contribution is -2.38. The Morgan fingerprint density at radius 1 is 1.21 bits per heavy atom. The molecule has 1 aliphatic rings. The van der Waals surface area contributed by atoms with Crippen molar-refractivity contribution < 1.29 is 19.5 Å². The second-order valence-corrected chi connectivity index (χ2v) is 6.96. The minimum atomic E-state index is -0.747. The van der Waals surface area contributed by atoms with Gasteiger partial charge in [-0.1, -0.05) is 40.9 Å². The highest BCUT2D eigenvalue weighted by atomic mass is 35.5. The van der Waals surface area contributed by atoms with E-state index in [-0.39, 0.29) is 27.1 Å². The number of amides is 4. The number of anilines is 1. The van der Waals surface area contributed by atoms with Gasteiger partial charge in [0.1, 0.15) is 18.0 Å². The number of hydrogen-bond donors (Lipinski definition) is 3. The molecule has 2 aromatic carbocycles. The molecule has 0 aliphatic carbocycles. The van der Waals surface area contributed by atoms with Crippen LogP contribution in [-0.4, -0.2) is 34.4 Å². The molecule has 7 nitrogen and oxygen atoms in total. The number of nitrogens with zero attached hydrogens (tertiary/aromatic N) is 1. The van der Waals surface area contributed by atoms with Crippen LogP contribution in [0, 0.1) is 6.92 Å². The van der Waals surface area contributed by atoms with Crippen LogP contribution in [-0.2, 0) is 9.59 Å². The number of phenolic OH excluding ortho intramolecular Hbond substituents is 1. The van der Waals surface area contributed by atoms with Gasteiger partial charge in [0.2, 0.25) is 5.91 Å². The maximum atomic E-state index is 12.5. The number of benzene rings is 2. The summed E-state index contributed by atoms with van der Waals surface area (Å²) in [4.78, 5) is 37.5. The first kappa shape index (κ1) is 19.7. The molecule has 0 radical (unpaired) electrons. The summed E-state index contributed by atoms with van der Waals surface area (Å²) < 4.78 is 0. The van der Waals surface area contributed by atoms with Gasteiger partial charge in [0, 0.05) is 16.3 Å². The monoisotopic (exact) mass is 419 g/mol. The molecule has 0 atom stereocenters. The highest BCUT2D eigenvalue weighted by molar-refractivity contribution is 6.36. The van der Waals surface area contributed by atoms with Gasteiger partial charge in [0.15, 0.2) is 0 Å². The number of hydrogen-bond acceptors (Lipinski definition) is 4. The third-order valence-electron chi connectivity index (χ3n) is 3.96. The van der Waals surface area contributed by atoms with Crippen LogP contribution in [0.5, 0.6) is 5.75 Å². The lowest BCUT2D eigenvalue weighted by atomic mass is 10.1. The highest BCUT2D eigenvalue weighted by Crippen LogP contribution is 2.32. The molecule has 0 spiro atoms. The fraction of sp³-hybridized carbons (Fsp3) is 0.105. The van der Waals surface area contributed by atoms with Crippen molar-refractivity contribution in [3.63, 3.8) is 0 Å². The quantitative estimate of drug-likeness (QED) is 0.521. The van der Waals surface area contributed by atoms with Crippen LogP contribution in [0.25, 0.3) is 6.08 Å². The number of urea groups is 1. The van der Waals surface area contributed by atoms with Crippen LogP contribution in [0.15, 0.2) is 42.1 Å². The average Bonchev–Trinajstić information content (AvgIpc) is 2.88. The van der Waals surface area contributed by atoms with Crippen LogP contribution in [0.2, 0.25) is 10.0 Å². The van der Waals surface area contributed by atoms with Crippen molar-refractivity contribution in [2.75, 3.05) is 11.9 Å². The summed E-state index contributed by atoms with van der Waals surface area (Å²) in [6, 6.07) is 9.08. The average molecular weight is 420 g/mol. The first-order valence-corrected chi connectivity index (χ1v) is 8.89. The van der Waals surface area contributed by atoms with E-state index in [0.717, 1.165) is 10.5 Å². The van der Waals surface area contributed by atoms with Gasteiger partial charge < -0.3 is 15.7 Å². The molecule has 0 unspecified atom stereocenters. The Bertz CT molecular complexity index is 1000. The summed E-state index contributed by atoms with van der Waals surface area (Å²) in [5, 5.41) is 15.2. The van der Waals surface area contributed by atoms with Crippen LogP contribution < -0.4 is 10.6 Å². The van der Waals surface area contributed by atoms with Crippen LogP contribution >= 0.6 is 23.2 Å². The van der Waals surface area contributed by atoms with E-state index in [4.69, 9.17) is 23.2 Å². The maximum Gasteiger partial charge on any atom is 0.329 e. The van der Waals surface area contributed by atoms with Crippen LogP contribution in [0.1, 0.15) is 11.1 Å². The lowest BCUT2D eigenvalue weighted by Gasteiger charge is -2.12. The van der Waals surface area contributed by atoms with Crippen LogP contribution in [0.4, 0.5) is 10.5 Å². The summed E-state index contributed by atoms with van der Waals surface area (Å²) in [7, 11) is 0. The molecule has 2 aromatic rings. The van der Waals surface area contributed by atoms with Crippen molar-refractivity contribution in [1.82, 2.24) is 10.2 Å². The Balaban J connectivity index is 1.74. The van der Waals surface area contributed by atoms with Gasteiger partial charge in [-0.25, -0.2) is 9.69 Å². The van der Waals surface area contributed by atoms with Gasteiger partial charge in [0.25, 0.3) is 5.91 Å². The number of carbonyl (C=O) groups excluding carboxylic acids is 3. The normalized spacial score (nSPS) is 15.1. The minimum absolute atomic E-state index is 0.00505. The molecule has 1 fully saturated rings. The molecule has 3 N–H and O–H groups in total. The van der Waals surface area contributed by atoms with Crippen molar-refractivity contribution in [3.8, 4) is 5.75 Å². The third-order valence-corrected chi connectivity index (χ3v) is 4.46. The first-order valence-electron chi connectivity index (χ1n) is 8.13. The second-order valence-electron chi connectivity index (χ2n) is 6.12. The molecule has 1 saturated heterocycles. The first-order chi connectivity index (χ1) is 13.2. The molecule has 0 aromatic heterocycles. The smallest absolute Gasteiger partial charge is 0.329 e. The number of aryl methyl sites for hydroxylation is 1. The van der Waals surface area contributed by atoms with E-state index < -0.39 is 24.4 Å². The van der Waals surface area contributed by atoms with Gasteiger partial charge >= 0.3 is 6.03 Å². The zero-order valence-corrected chi connectivity index (χ0v) is 16.1. The molecule has 0 bridgehead atoms. The van der Waals surface area contributed by atoms with E-state index in [9.17, 15) is 19.5 Å². The number of aromatic hydroxyl groups is 1. The number of carbonyl (C=O) groups is 3. The van der Waals surface area contributed by atoms with Gasteiger partial charge in [-0.15, -0.1) is 0 Å². The molecule has 28 heavy (non-hydrogen) atoms. The number of phenols is 1. The summed E-state index contributed by atoms with van der Waals surface area (Å²) in [6.45, 7) is 1.45. The maximum absolute atomic E-state index is 12.5. The molecule has 1 aliphatic heterocycles. The van der Waals surface area contributed by atoms with E-state index in [1.165, 1.54) is 18.2 Å². The van der Waals surface area contributed by atoms with Crippen molar-refractivity contribution in [2.45, 2.75) is 6.92 Å². The molecule has 9 heteroatoms. The second kappa shape index (κ2) is 7.92. The molecule has 0 saturated carbocycles. The van der Waals surface area contributed by atoms with E-state index >= 15 is 0 Å². The zero-order valence-electron chi connectivity index (χ0n) is 14.6. The Labute approximate surface area is 170 Å². The Kier molecular flexibility index (Phi) is 5.58. The van der Waals surface area contributed by atoms with Crippen molar-refractivity contribution in [1.29, 1.82) is 0 Å². The van der Waals surface area contributed by atoms with Crippen LogP contribution in [0.3, 0.4) is 0 Å². The Hall–Kier alpha value is -3.03. The van der Waals surface area contributed by atoms with Crippen molar-refractivity contribution in [2.24, 2.45) is 0 Å². The minimum Gasteiger partial charge on any atom is -0.506 e. The predicted octanol–water partition coefficient (Wildman–Crippen LogP) is 3.54. The molecular weight excluding hydrogens is 405 g/mol. The summed E-state index contributed by atoms with van der Waals surface area (Å²) in [5.41, 5.74) is 1.64. The van der Waals surface area contributed by atoms with Crippen molar-refractivity contribution >= 4 is 52.8 Å². The zero-order chi connectivity index (χ0) is 20.4. The van der Waals surface area contributed by atoms with E-state index in [2.05, 4.69) is 10.6 Å². The number of imide groups is 1. The topological polar surface area (TPSA) is 98.7 Å². The Morgan fingerprint density at radius 2 is 1.89 bits per heavy atom. The summed E-state index contributed by atoms with van der Waals surface area (Å²) >= 11 is 11.8. The molecule has 4 amide bonds. The molecule has 1 heterocycles. The molecule has 3 rings (SSSR count). The van der Waals surface area contributed by atoms with E-state index in [1.807, 2.05) is 19.1 Å². The van der Waals surface area contributed by atoms with Crippen molar-refractivity contribution in [3.05, 3.63) is 63.3 Å². The SMILES string of the molecule is Cc1ccc(NC(=O)CN2C(=O)N/C(=C/c3cc(Cl)cc(Cl)c3O)C2=O)cc1. The molecular formula is C19H15Cl2N3O4. The predicted molar refractivity (Wildman–Crippen MR) is 106 cm³/mol. The van der Waals surface area contributed by atoms with E-state index in [0.29, 0.717) is 5.69 Å². The molecule has 144 valence electrons. The summed E-state index contributed by atoms with van der Waals surface area (Å²) in [5.74, 6) is -1.52. The van der Waals surface area contributed by atoms with Gasteiger partial charge in [-0.05, 0) is 37.3 Å². The fourth-order valence-electron chi connectivity index (χ4n) is 2.55. The number of rotatable bonds is 4. The van der Waals surface area contributed by atoms with Gasteiger partial charge in [-0.3, -0.25) is 9.59 Å². The van der Waals surface area contributed by atoms with Gasteiger partial charge in [-0.2, -0.15) is 0 Å². The summed E-state index contributed by atoms with van der Waals surface area (Å²) in [6.07, 6.45) is 1.24. The largest absolute Gasteiger partial charge is 0.506 e. The van der Waals surface area contributed by atoms with Gasteiger partial charge in [0.05, 0.1) is 5.02 Å². The lowest BCUT2D eigenvalue weighted by molar-refractivity contribution is -0.127.